The summed E-state index contributed by atoms with van der Waals surface area (Å²) in [5, 5.41) is 19.4. The number of carbonyl (C=O) groups is 2. The molecule has 0 aliphatic heterocycles. The number of benzene rings is 3. The van der Waals surface area contributed by atoms with Gasteiger partial charge in [-0.05, 0) is 54.4 Å². The van der Waals surface area contributed by atoms with E-state index in [-0.39, 0.29) is 12.0 Å². The molecule has 7 heteroatoms. The number of aromatic nitrogens is 1. The quantitative estimate of drug-likeness (QED) is 0.329. The van der Waals surface area contributed by atoms with E-state index in [1.807, 2.05) is 43.3 Å². The number of H-pyrrole nitrogens is 1. The van der Waals surface area contributed by atoms with Gasteiger partial charge in [0.05, 0.1) is 24.3 Å². The molecule has 1 heterocycles. The third-order valence-corrected chi connectivity index (χ3v) is 5.25. The molecule has 0 atom stereocenters. The molecule has 7 nitrogen and oxygen atoms in total. The van der Waals surface area contributed by atoms with E-state index in [1.165, 1.54) is 12.1 Å². The Kier molecular flexibility index (Phi) is 6.31. The standard InChI is InChI=1S/C26H23NO6/c1-2-32-23-13-17(9-11-22(23)33-15-16-6-4-3-5-7-16)25-20(14-24(28)29)19-12-18(26(30)31)8-10-21(19)27-25/h3-13,27H,2,14-15H2,1H3,(H,28,29)(H,30,31). The summed E-state index contributed by atoms with van der Waals surface area (Å²) in [5.41, 5.74) is 3.62. The number of ether oxygens (including phenoxy) is 2. The van der Waals surface area contributed by atoms with E-state index in [0.29, 0.717) is 46.9 Å². The molecule has 0 saturated heterocycles. The van der Waals surface area contributed by atoms with Crippen LogP contribution in [0.4, 0.5) is 0 Å². The van der Waals surface area contributed by atoms with Crippen LogP contribution in [0.2, 0.25) is 0 Å². The summed E-state index contributed by atoms with van der Waals surface area (Å²) < 4.78 is 11.8. The van der Waals surface area contributed by atoms with E-state index in [9.17, 15) is 19.8 Å². The largest absolute Gasteiger partial charge is 0.490 e. The van der Waals surface area contributed by atoms with E-state index in [4.69, 9.17) is 9.47 Å². The maximum atomic E-state index is 11.6. The van der Waals surface area contributed by atoms with Crippen LogP contribution in [0.1, 0.15) is 28.4 Å². The van der Waals surface area contributed by atoms with Crippen LogP contribution in [0.5, 0.6) is 11.5 Å². The van der Waals surface area contributed by atoms with Gasteiger partial charge in [0.2, 0.25) is 0 Å². The van der Waals surface area contributed by atoms with Crippen LogP contribution in [-0.4, -0.2) is 33.7 Å². The Morgan fingerprint density at radius 3 is 2.39 bits per heavy atom. The number of rotatable bonds is 9. The Morgan fingerprint density at radius 1 is 0.909 bits per heavy atom. The summed E-state index contributed by atoms with van der Waals surface area (Å²) in [4.78, 5) is 26.2. The predicted octanol–water partition coefficient (Wildman–Crippen LogP) is 5.14. The third-order valence-electron chi connectivity index (χ3n) is 5.25. The number of hydrogen-bond acceptors (Lipinski definition) is 4. The normalized spacial score (nSPS) is 10.8. The molecule has 4 aromatic rings. The first-order chi connectivity index (χ1) is 16.0. The van der Waals surface area contributed by atoms with Crippen molar-refractivity contribution in [2.24, 2.45) is 0 Å². The number of aromatic amines is 1. The minimum absolute atomic E-state index is 0.0966. The maximum absolute atomic E-state index is 11.6. The second kappa shape index (κ2) is 9.48. The van der Waals surface area contributed by atoms with Crippen LogP contribution in [-0.2, 0) is 17.8 Å². The highest BCUT2D eigenvalue weighted by Crippen LogP contribution is 2.37. The van der Waals surface area contributed by atoms with E-state index in [1.54, 1.807) is 18.2 Å². The van der Waals surface area contributed by atoms with E-state index < -0.39 is 11.9 Å². The van der Waals surface area contributed by atoms with Gasteiger partial charge in [-0.25, -0.2) is 4.79 Å². The summed E-state index contributed by atoms with van der Waals surface area (Å²) in [6, 6.07) is 19.8. The fourth-order valence-electron chi connectivity index (χ4n) is 3.75. The molecule has 0 radical (unpaired) electrons. The summed E-state index contributed by atoms with van der Waals surface area (Å²) in [6.45, 7) is 2.69. The van der Waals surface area contributed by atoms with Gasteiger partial charge in [0, 0.05) is 16.5 Å². The summed E-state index contributed by atoms with van der Waals surface area (Å²) >= 11 is 0. The Bertz CT molecular complexity index is 1310. The molecule has 0 amide bonds. The number of nitrogens with one attached hydrogen (secondary N) is 1. The van der Waals surface area contributed by atoms with Crippen molar-refractivity contribution in [3.8, 4) is 22.8 Å². The molecule has 0 bridgehead atoms. The zero-order valence-corrected chi connectivity index (χ0v) is 18.0. The number of carboxylic acid groups (broad SMARTS) is 2. The smallest absolute Gasteiger partial charge is 0.335 e. The van der Waals surface area contributed by atoms with Crippen molar-refractivity contribution < 1.29 is 29.3 Å². The van der Waals surface area contributed by atoms with Gasteiger partial charge in [0.15, 0.2) is 11.5 Å². The minimum atomic E-state index is -1.07. The molecule has 3 aromatic carbocycles. The number of carboxylic acids is 2. The fraction of sp³-hybridized carbons (Fsp3) is 0.154. The average Bonchev–Trinajstić information content (AvgIpc) is 3.16. The lowest BCUT2D eigenvalue weighted by Gasteiger charge is -2.14. The van der Waals surface area contributed by atoms with Crippen LogP contribution in [0, 0.1) is 0 Å². The Labute approximate surface area is 190 Å². The van der Waals surface area contributed by atoms with Crippen molar-refractivity contribution in [3.63, 3.8) is 0 Å². The van der Waals surface area contributed by atoms with Gasteiger partial charge in [-0.15, -0.1) is 0 Å². The highest BCUT2D eigenvalue weighted by atomic mass is 16.5. The Hall–Kier alpha value is -4.26. The number of hydrogen-bond donors (Lipinski definition) is 3. The first-order valence-corrected chi connectivity index (χ1v) is 10.5. The topological polar surface area (TPSA) is 109 Å². The zero-order valence-electron chi connectivity index (χ0n) is 18.0. The molecule has 33 heavy (non-hydrogen) atoms. The van der Waals surface area contributed by atoms with Gasteiger partial charge in [0.25, 0.3) is 0 Å². The first kappa shape index (κ1) is 22.0. The van der Waals surface area contributed by atoms with Crippen molar-refractivity contribution in [2.75, 3.05) is 6.61 Å². The van der Waals surface area contributed by atoms with Gasteiger partial charge in [0.1, 0.15) is 6.61 Å². The lowest BCUT2D eigenvalue weighted by molar-refractivity contribution is -0.136. The van der Waals surface area contributed by atoms with Crippen molar-refractivity contribution in [2.45, 2.75) is 20.0 Å². The first-order valence-electron chi connectivity index (χ1n) is 10.5. The molecule has 0 fully saturated rings. The molecule has 0 unspecified atom stereocenters. The van der Waals surface area contributed by atoms with Gasteiger partial charge >= 0.3 is 11.9 Å². The molecule has 168 valence electrons. The van der Waals surface area contributed by atoms with Crippen LogP contribution >= 0.6 is 0 Å². The highest BCUT2D eigenvalue weighted by Gasteiger charge is 2.19. The highest BCUT2D eigenvalue weighted by molar-refractivity contribution is 5.99. The second-order valence-electron chi connectivity index (χ2n) is 7.48. The Balaban J connectivity index is 1.75. The average molecular weight is 445 g/mol. The Morgan fingerprint density at radius 2 is 1.70 bits per heavy atom. The minimum Gasteiger partial charge on any atom is -0.490 e. The fourth-order valence-corrected chi connectivity index (χ4v) is 3.75. The van der Waals surface area contributed by atoms with Crippen LogP contribution in [0.3, 0.4) is 0 Å². The molecule has 0 aliphatic rings. The maximum Gasteiger partial charge on any atom is 0.335 e. The molecule has 3 N–H and O–H groups in total. The summed E-state index contributed by atoms with van der Waals surface area (Å²) in [6.07, 6.45) is -0.255. The number of aliphatic carboxylic acids is 1. The number of aromatic carboxylic acids is 1. The zero-order chi connectivity index (χ0) is 23.4. The van der Waals surface area contributed by atoms with Crippen LogP contribution in [0.15, 0.2) is 66.7 Å². The van der Waals surface area contributed by atoms with Gasteiger partial charge in [-0.2, -0.15) is 0 Å². The van der Waals surface area contributed by atoms with Crippen molar-refractivity contribution in [1.29, 1.82) is 0 Å². The molecular formula is C26H23NO6. The van der Waals surface area contributed by atoms with Crippen LogP contribution in [0.25, 0.3) is 22.2 Å². The molecular weight excluding hydrogens is 422 g/mol. The lowest BCUT2D eigenvalue weighted by atomic mass is 10.0. The van der Waals surface area contributed by atoms with E-state index in [0.717, 1.165) is 11.1 Å². The predicted molar refractivity (Wildman–Crippen MR) is 124 cm³/mol. The van der Waals surface area contributed by atoms with E-state index >= 15 is 0 Å². The molecule has 0 spiro atoms. The van der Waals surface area contributed by atoms with Crippen molar-refractivity contribution >= 4 is 22.8 Å². The summed E-state index contributed by atoms with van der Waals surface area (Å²) in [7, 11) is 0. The molecule has 0 aliphatic carbocycles. The van der Waals surface area contributed by atoms with Gasteiger partial charge < -0.3 is 24.7 Å². The SMILES string of the molecule is CCOc1cc(-c2[nH]c3ccc(C(=O)O)cc3c2CC(=O)O)ccc1OCc1ccccc1. The number of fused-ring (bicyclic) bond motifs is 1. The molecule has 0 saturated carbocycles. The van der Waals surface area contributed by atoms with Gasteiger partial charge in [-0.3, -0.25) is 4.79 Å². The van der Waals surface area contributed by atoms with Gasteiger partial charge in [-0.1, -0.05) is 30.3 Å². The molecule has 4 rings (SSSR count). The van der Waals surface area contributed by atoms with Crippen molar-refractivity contribution in [1.82, 2.24) is 4.98 Å². The van der Waals surface area contributed by atoms with Crippen molar-refractivity contribution in [3.05, 3.63) is 83.4 Å². The second-order valence-corrected chi connectivity index (χ2v) is 7.48. The lowest BCUT2D eigenvalue weighted by Crippen LogP contribution is -2.02. The summed E-state index contributed by atoms with van der Waals surface area (Å²) in [5.74, 6) is -0.962. The third kappa shape index (κ3) is 4.82. The monoisotopic (exact) mass is 445 g/mol. The molecule has 1 aromatic heterocycles. The van der Waals surface area contributed by atoms with Crippen LogP contribution < -0.4 is 9.47 Å². The van der Waals surface area contributed by atoms with E-state index in [2.05, 4.69) is 4.98 Å².